The van der Waals surface area contributed by atoms with Crippen LogP contribution >= 0.6 is 0 Å². The van der Waals surface area contributed by atoms with E-state index in [1.807, 2.05) is 0 Å². The van der Waals surface area contributed by atoms with Crippen molar-refractivity contribution in [3.8, 4) is 23.0 Å². The quantitative estimate of drug-likeness (QED) is 0.831. The lowest BCUT2D eigenvalue weighted by atomic mass is 9.92. The summed E-state index contributed by atoms with van der Waals surface area (Å²) in [5, 5.41) is 19.7. The van der Waals surface area contributed by atoms with Gasteiger partial charge < -0.3 is 24.4 Å². The number of rotatable bonds is 4. The molecule has 6 nitrogen and oxygen atoms in total. The molecule has 1 saturated heterocycles. The molecule has 2 aromatic carbocycles. The van der Waals surface area contributed by atoms with Gasteiger partial charge in [0.05, 0.1) is 20.6 Å². The first-order valence-electron chi connectivity index (χ1n) is 7.66. The van der Waals surface area contributed by atoms with Crippen LogP contribution in [0.4, 0.5) is 0 Å². The summed E-state index contributed by atoms with van der Waals surface area (Å²) in [5.74, 6) is 0.414. The molecule has 1 aliphatic rings. The third-order valence-corrected chi connectivity index (χ3v) is 4.06. The Kier molecular flexibility index (Phi) is 4.52. The van der Waals surface area contributed by atoms with E-state index in [1.54, 1.807) is 24.3 Å². The molecule has 0 aliphatic carbocycles. The van der Waals surface area contributed by atoms with Crippen molar-refractivity contribution in [2.75, 3.05) is 20.8 Å². The summed E-state index contributed by atoms with van der Waals surface area (Å²) in [5.41, 5.74) is 3.11. The number of ether oxygens (including phenoxy) is 3. The maximum atomic E-state index is 11.6. The van der Waals surface area contributed by atoms with Crippen molar-refractivity contribution in [1.82, 2.24) is 0 Å². The van der Waals surface area contributed by atoms with Gasteiger partial charge in [0, 0.05) is 0 Å². The number of phenols is 2. The van der Waals surface area contributed by atoms with Crippen LogP contribution in [0.25, 0.3) is 5.57 Å². The first-order chi connectivity index (χ1) is 12.0. The van der Waals surface area contributed by atoms with Gasteiger partial charge in [-0.2, -0.15) is 0 Å². The molecule has 0 saturated carbocycles. The SMILES string of the molecule is COc1cc(C(=C2COC(=O)C2)c2ccc(O)c(OC)c2)ccc1O. The fourth-order valence-electron chi connectivity index (χ4n) is 2.85. The van der Waals surface area contributed by atoms with E-state index < -0.39 is 0 Å². The Hall–Kier alpha value is -3.15. The summed E-state index contributed by atoms with van der Waals surface area (Å²) in [4.78, 5) is 11.6. The summed E-state index contributed by atoms with van der Waals surface area (Å²) in [6, 6.07) is 9.93. The van der Waals surface area contributed by atoms with Crippen LogP contribution in [0.2, 0.25) is 0 Å². The summed E-state index contributed by atoms with van der Waals surface area (Å²) < 4.78 is 15.5. The first-order valence-corrected chi connectivity index (χ1v) is 7.66. The number of methoxy groups -OCH3 is 2. The number of esters is 1. The van der Waals surface area contributed by atoms with Crippen molar-refractivity contribution < 1.29 is 29.2 Å². The minimum atomic E-state index is -0.288. The summed E-state index contributed by atoms with van der Waals surface area (Å²) in [7, 11) is 2.94. The lowest BCUT2D eigenvalue weighted by molar-refractivity contribution is -0.137. The van der Waals surface area contributed by atoms with Gasteiger partial charge in [-0.25, -0.2) is 0 Å². The van der Waals surface area contributed by atoms with E-state index in [4.69, 9.17) is 14.2 Å². The van der Waals surface area contributed by atoms with Gasteiger partial charge in [-0.15, -0.1) is 0 Å². The van der Waals surface area contributed by atoms with Gasteiger partial charge in [-0.1, -0.05) is 12.1 Å². The molecule has 0 atom stereocenters. The molecule has 2 aromatic rings. The van der Waals surface area contributed by atoms with Crippen LogP contribution in [0.3, 0.4) is 0 Å². The normalized spacial score (nSPS) is 13.5. The predicted molar refractivity (Wildman–Crippen MR) is 90.9 cm³/mol. The molecule has 0 aromatic heterocycles. The Morgan fingerprint density at radius 2 is 1.48 bits per heavy atom. The molecule has 0 radical (unpaired) electrons. The molecule has 1 fully saturated rings. The Bertz CT molecular complexity index is 797. The van der Waals surface area contributed by atoms with Crippen LogP contribution in [-0.2, 0) is 9.53 Å². The zero-order valence-corrected chi connectivity index (χ0v) is 13.9. The highest BCUT2D eigenvalue weighted by Gasteiger charge is 2.23. The van der Waals surface area contributed by atoms with Crippen molar-refractivity contribution in [2.45, 2.75) is 6.42 Å². The molecule has 6 heteroatoms. The fraction of sp³-hybridized carbons (Fsp3) is 0.211. The van der Waals surface area contributed by atoms with Crippen LogP contribution in [0.5, 0.6) is 23.0 Å². The third kappa shape index (κ3) is 3.24. The van der Waals surface area contributed by atoms with Crippen LogP contribution in [0.1, 0.15) is 17.5 Å². The lowest BCUT2D eigenvalue weighted by Gasteiger charge is -2.15. The number of aromatic hydroxyl groups is 2. The van der Waals surface area contributed by atoms with Crippen LogP contribution < -0.4 is 9.47 Å². The number of cyclic esters (lactones) is 1. The molecule has 2 N–H and O–H groups in total. The largest absolute Gasteiger partial charge is 0.504 e. The second-order valence-corrected chi connectivity index (χ2v) is 5.59. The van der Waals surface area contributed by atoms with Gasteiger partial charge in [0.25, 0.3) is 0 Å². The molecule has 130 valence electrons. The second kappa shape index (κ2) is 6.76. The maximum absolute atomic E-state index is 11.6. The lowest BCUT2D eigenvalue weighted by Crippen LogP contribution is -1.97. The fourth-order valence-corrected chi connectivity index (χ4v) is 2.85. The minimum absolute atomic E-state index is 0.0256. The van der Waals surface area contributed by atoms with E-state index in [9.17, 15) is 15.0 Å². The van der Waals surface area contributed by atoms with Crippen molar-refractivity contribution >= 4 is 11.5 Å². The molecule has 0 spiro atoms. The second-order valence-electron chi connectivity index (χ2n) is 5.59. The highest BCUT2D eigenvalue weighted by molar-refractivity contribution is 5.89. The smallest absolute Gasteiger partial charge is 0.310 e. The van der Waals surface area contributed by atoms with Crippen molar-refractivity contribution in [3.05, 3.63) is 53.1 Å². The molecule has 1 heterocycles. The van der Waals surface area contributed by atoms with Gasteiger partial charge in [0.1, 0.15) is 6.61 Å². The van der Waals surface area contributed by atoms with Gasteiger partial charge in [-0.05, 0) is 46.5 Å². The number of carbonyl (C=O) groups excluding carboxylic acids is 1. The van der Waals surface area contributed by atoms with Crippen LogP contribution in [0, 0.1) is 0 Å². The highest BCUT2D eigenvalue weighted by atomic mass is 16.5. The highest BCUT2D eigenvalue weighted by Crippen LogP contribution is 2.38. The third-order valence-electron chi connectivity index (χ3n) is 4.06. The van der Waals surface area contributed by atoms with Crippen LogP contribution in [-0.4, -0.2) is 37.0 Å². The summed E-state index contributed by atoms with van der Waals surface area (Å²) >= 11 is 0. The molecule has 0 amide bonds. The molecule has 25 heavy (non-hydrogen) atoms. The number of carbonyl (C=O) groups is 1. The monoisotopic (exact) mass is 342 g/mol. The van der Waals surface area contributed by atoms with E-state index in [0.29, 0.717) is 11.5 Å². The Balaban J connectivity index is 2.20. The van der Waals surface area contributed by atoms with E-state index in [-0.39, 0.29) is 30.5 Å². The van der Waals surface area contributed by atoms with E-state index in [1.165, 1.54) is 26.4 Å². The van der Waals surface area contributed by atoms with Crippen molar-refractivity contribution in [2.24, 2.45) is 0 Å². The van der Waals surface area contributed by atoms with Gasteiger partial charge in [0.2, 0.25) is 0 Å². The van der Waals surface area contributed by atoms with Crippen LogP contribution in [0.15, 0.2) is 42.0 Å². The van der Waals surface area contributed by atoms with E-state index >= 15 is 0 Å². The zero-order valence-electron chi connectivity index (χ0n) is 13.9. The molecule has 0 bridgehead atoms. The van der Waals surface area contributed by atoms with Crippen molar-refractivity contribution in [3.63, 3.8) is 0 Å². The van der Waals surface area contributed by atoms with Crippen molar-refractivity contribution in [1.29, 1.82) is 0 Å². The number of hydrogen-bond acceptors (Lipinski definition) is 6. The van der Waals surface area contributed by atoms with Gasteiger partial charge in [-0.3, -0.25) is 4.79 Å². The molecular weight excluding hydrogens is 324 g/mol. The van der Waals surface area contributed by atoms with Gasteiger partial charge >= 0.3 is 5.97 Å². The average Bonchev–Trinajstić information content (AvgIpc) is 3.03. The average molecular weight is 342 g/mol. The number of phenolic OH excluding ortho intramolecular Hbond substituents is 2. The Labute approximate surface area is 144 Å². The minimum Gasteiger partial charge on any atom is -0.504 e. The van der Waals surface area contributed by atoms with E-state index in [2.05, 4.69) is 0 Å². The number of benzene rings is 2. The maximum Gasteiger partial charge on any atom is 0.310 e. The number of hydrogen-bond donors (Lipinski definition) is 2. The molecular formula is C19H18O6. The predicted octanol–water partition coefficient (Wildman–Crippen LogP) is 2.86. The Morgan fingerprint density at radius 3 is 1.88 bits per heavy atom. The Morgan fingerprint density at radius 1 is 0.960 bits per heavy atom. The molecule has 0 unspecified atom stereocenters. The summed E-state index contributed by atoms with van der Waals surface area (Å²) in [6.45, 7) is 0.195. The van der Waals surface area contributed by atoms with Gasteiger partial charge in [0.15, 0.2) is 23.0 Å². The topological polar surface area (TPSA) is 85.2 Å². The standard InChI is InChI=1S/C19H18O6/c1-23-16-7-11(3-5-14(16)20)19(13-9-18(22)25-10-13)12-4-6-15(21)17(8-12)24-2/h3-8,20-21H,9-10H2,1-2H3. The first kappa shape index (κ1) is 16.7. The van der Waals surface area contributed by atoms with E-state index in [0.717, 1.165) is 22.3 Å². The molecule has 3 rings (SSSR count). The molecule has 1 aliphatic heterocycles. The summed E-state index contributed by atoms with van der Waals surface area (Å²) in [6.07, 6.45) is 0.182. The zero-order chi connectivity index (χ0) is 18.0.